The summed E-state index contributed by atoms with van der Waals surface area (Å²) in [6.45, 7) is 3.28. The first-order valence-corrected chi connectivity index (χ1v) is 11.1. The molecule has 1 fully saturated rings. The number of amides is 2. The average molecular weight is 479 g/mol. The van der Waals surface area contributed by atoms with Crippen LogP contribution in [0.1, 0.15) is 41.3 Å². The molecule has 2 aliphatic heterocycles. The lowest BCUT2D eigenvalue weighted by Crippen LogP contribution is -2.60. The molecule has 0 spiro atoms. The summed E-state index contributed by atoms with van der Waals surface area (Å²) in [7, 11) is 0. The van der Waals surface area contributed by atoms with Crippen molar-refractivity contribution in [1.29, 1.82) is 0 Å². The number of pyridine rings is 1. The number of halogens is 4. The van der Waals surface area contributed by atoms with Crippen LogP contribution in [0.5, 0.6) is 0 Å². The third kappa shape index (κ3) is 4.98. The maximum atomic E-state index is 13.7. The monoisotopic (exact) mass is 479 g/mol. The Morgan fingerprint density at radius 3 is 2.79 bits per heavy atom. The molecule has 1 atom stereocenters. The minimum absolute atomic E-state index is 0.138. The van der Waals surface area contributed by atoms with Gasteiger partial charge in [0.05, 0.1) is 16.8 Å². The Labute approximate surface area is 194 Å². The van der Waals surface area contributed by atoms with Crippen molar-refractivity contribution in [2.75, 3.05) is 36.4 Å². The molecular formula is C23H25F4N5O2. The number of nitrogens with one attached hydrogen (secondary N) is 2. The molecule has 0 aliphatic carbocycles. The van der Waals surface area contributed by atoms with Crippen molar-refractivity contribution in [1.82, 2.24) is 15.2 Å². The first kappa shape index (κ1) is 23.9. The molecule has 0 radical (unpaired) electrons. The summed E-state index contributed by atoms with van der Waals surface area (Å²) in [6.07, 6.45) is -1.35. The van der Waals surface area contributed by atoms with Gasteiger partial charge in [-0.15, -0.1) is 0 Å². The zero-order valence-electron chi connectivity index (χ0n) is 18.6. The highest BCUT2D eigenvalue weighted by molar-refractivity contribution is 6.05. The van der Waals surface area contributed by atoms with Crippen LogP contribution in [0.15, 0.2) is 30.5 Å². The van der Waals surface area contributed by atoms with Gasteiger partial charge in [0.1, 0.15) is 11.9 Å². The lowest BCUT2D eigenvalue weighted by molar-refractivity contribution is -0.138. The van der Waals surface area contributed by atoms with Crippen LogP contribution in [0.2, 0.25) is 0 Å². The van der Waals surface area contributed by atoms with Crippen molar-refractivity contribution in [3.63, 3.8) is 0 Å². The van der Waals surface area contributed by atoms with Crippen LogP contribution in [0, 0.1) is 5.82 Å². The van der Waals surface area contributed by atoms with Gasteiger partial charge in [-0.05, 0) is 36.2 Å². The second kappa shape index (κ2) is 9.57. The quantitative estimate of drug-likeness (QED) is 0.491. The van der Waals surface area contributed by atoms with Crippen LogP contribution in [-0.4, -0.2) is 53.9 Å². The second-order valence-corrected chi connectivity index (χ2v) is 8.44. The zero-order valence-corrected chi connectivity index (χ0v) is 18.6. The number of rotatable bonds is 6. The Kier molecular flexibility index (Phi) is 6.74. The first-order chi connectivity index (χ1) is 16.2. The van der Waals surface area contributed by atoms with E-state index in [0.29, 0.717) is 36.7 Å². The van der Waals surface area contributed by atoms with E-state index < -0.39 is 23.6 Å². The van der Waals surface area contributed by atoms with Crippen molar-refractivity contribution < 1.29 is 27.2 Å². The van der Waals surface area contributed by atoms with E-state index in [-0.39, 0.29) is 30.5 Å². The summed E-state index contributed by atoms with van der Waals surface area (Å²) in [4.78, 5) is 33.0. The highest BCUT2D eigenvalue weighted by Crippen LogP contribution is 2.35. The van der Waals surface area contributed by atoms with Crippen molar-refractivity contribution in [2.24, 2.45) is 0 Å². The fourth-order valence-electron chi connectivity index (χ4n) is 4.27. The molecule has 1 aromatic heterocycles. The molecule has 182 valence electrons. The molecule has 1 saturated heterocycles. The summed E-state index contributed by atoms with van der Waals surface area (Å²) in [6, 6.07) is 3.33. The number of aromatic nitrogens is 1. The number of benzene rings is 1. The van der Waals surface area contributed by atoms with Crippen LogP contribution < -0.4 is 15.5 Å². The van der Waals surface area contributed by atoms with Crippen molar-refractivity contribution in [3.8, 4) is 0 Å². The molecule has 2 N–H and O–H groups in total. The number of fused-ring (bicyclic) bond motifs is 3. The number of piperazine rings is 1. The molecule has 4 rings (SSSR count). The molecule has 3 heterocycles. The highest BCUT2D eigenvalue weighted by atomic mass is 19.4. The number of unbranched alkanes of at least 4 members (excludes halogenated alkanes) is 1. The first-order valence-electron chi connectivity index (χ1n) is 11.1. The zero-order chi connectivity index (χ0) is 24.5. The van der Waals surface area contributed by atoms with Crippen LogP contribution in [0.4, 0.5) is 29.1 Å². The number of hydrogen-bond acceptors (Lipinski definition) is 5. The molecule has 0 saturated carbocycles. The van der Waals surface area contributed by atoms with E-state index in [4.69, 9.17) is 0 Å². The van der Waals surface area contributed by atoms with Crippen molar-refractivity contribution >= 4 is 23.3 Å². The lowest BCUT2D eigenvalue weighted by Gasteiger charge is -2.44. The third-order valence-corrected chi connectivity index (χ3v) is 6.01. The maximum Gasteiger partial charge on any atom is 0.416 e. The number of hydrogen-bond donors (Lipinski definition) is 2. The van der Waals surface area contributed by atoms with Crippen molar-refractivity contribution in [2.45, 2.75) is 38.5 Å². The molecule has 1 aromatic carbocycles. The smallest absolute Gasteiger partial charge is 0.352 e. The molecule has 2 aromatic rings. The number of anilines is 2. The minimum Gasteiger partial charge on any atom is -0.352 e. The van der Waals surface area contributed by atoms with Gasteiger partial charge in [-0.1, -0.05) is 13.3 Å². The van der Waals surface area contributed by atoms with Crippen LogP contribution in [0.25, 0.3) is 0 Å². The summed E-state index contributed by atoms with van der Waals surface area (Å²) in [5.41, 5.74) is -0.309. The standard InChI is InChI=1S/C23H25F4N5O2/c1-2-3-6-28-21(33)14-10-18-20(29-11-14)32-8-7-31(13-19(32)22(34)30-18)12-15-9-16(24)4-5-17(15)23(25,26)27/h4-5,9-11,19H,2-3,6-8,12-13H2,1H3,(H,28,33)(H,30,34). The van der Waals surface area contributed by atoms with E-state index in [0.717, 1.165) is 31.0 Å². The average Bonchev–Trinajstić information content (AvgIpc) is 2.78. The molecule has 2 amide bonds. The van der Waals surface area contributed by atoms with Crippen LogP contribution in [-0.2, 0) is 17.5 Å². The van der Waals surface area contributed by atoms with E-state index in [9.17, 15) is 27.2 Å². The number of carbonyl (C=O) groups is 2. The van der Waals surface area contributed by atoms with Crippen LogP contribution in [0.3, 0.4) is 0 Å². The Balaban J connectivity index is 1.49. The van der Waals surface area contributed by atoms with Gasteiger partial charge >= 0.3 is 6.18 Å². The number of carbonyl (C=O) groups excluding carboxylic acids is 2. The topological polar surface area (TPSA) is 77.6 Å². The molecule has 7 nitrogen and oxygen atoms in total. The normalized spacial score (nSPS) is 18.2. The molecule has 11 heteroatoms. The highest BCUT2D eigenvalue weighted by Gasteiger charge is 2.39. The Morgan fingerprint density at radius 2 is 2.06 bits per heavy atom. The van der Waals surface area contributed by atoms with Gasteiger partial charge in [0.2, 0.25) is 5.91 Å². The van der Waals surface area contributed by atoms with E-state index in [1.807, 2.05) is 6.92 Å². The number of alkyl halides is 3. The van der Waals surface area contributed by atoms with Gasteiger partial charge in [0, 0.05) is 38.9 Å². The van der Waals surface area contributed by atoms with Gasteiger partial charge < -0.3 is 15.5 Å². The van der Waals surface area contributed by atoms with Crippen LogP contribution >= 0.6 is 0 Å². The van der Waals surface area contributed by atoms with Gasteiger partial charge in [-0.25, -0.2) is 9.37 Å². The predicted octanol–water partition coefficient (Wildman–Crippen LogP) is 3.41. The predicted molar refractivity (Wildman–Crippen MR) is 118 cm³/mol. The van der Waals surface area contributed by atoms with Gasteiger partial charge in [0.15, 0.2) is 5.82 Å². The van der Waals surface area contributed by atoms with Gasteiger partial charge in [-0.2, -0.15) is 13.2 Å². The summed E-state index contributed by atoms with van der Waals surface area (Å²) in [5.74, 6) is -0.848. The largest absolute Gasteiger partial charge is 0.416 e. The lowest BCUT2D eigenvalue weighted by atomic mass is 10.0. The molecule has 0 bridgehead atoms. The van der Waals surface area contributed by atoms with Gasteiger partial charge in [-0.3, -0.25) is 14.5 Å². The fourth-order valence-corrected chi connectivity index (χ4v) is 4.27. The van der Waals surface area contributed by atoms with E-state index in [2.05, 4.69) is 15.6 Å². The Bertz CT molecular complexity index is 1090. The maximum absolute atomic E-state index is 13.7. The molecule has 1 unspecified atom stereocenters. The van der Waals surface area contributed by atoms with Gasteiger partial charge in [0.25, 0.3) is 5.91 Å². The van der Waals surface area contributed by atoms with Crippen molar-refractivity contribution in [3.05, 3.63) is 53.0 Å². The molecule has 2 aliphatic rings. The fraction of sp³-hybridized carbons (Fsp3) is 0.435. The summed E-state index contributed by atoms with van der Waals surface area (Å²) >= 11 is 0. The summed E-state index contributed by atoms with van der Waals surface area (Å²) < 4.78 is 53.7. The number of nitrogens with zero attached hydrogens (tertiary/aromatic N) is 3. The summed E-state index contributed by atoms with van der Waals surface area (Å²) in [5, 5.41) is 5.56. The van der Waals surface area contributed by atoms with E-state index >= 15 is 0 Å². The Morgan fingerprint density at radius 1 is 1.26 bits per heavy atom. The SMILES string of the molecule is CCCCNC(=O)c1cnc2c(c1)NC(=O)C1CN(Cc3cc(F)ccc3C(F)(F)F)CCN21. The minimum atomic E-state index is -4.60. The van der Waals surface area contributed by atoms with E-state index in [1.165, 1.54) is 6.20 Å². The molecule has 34 heavy (non-hydrogen) atoms. The Hall–Kier alpha value is -3.21. The van der Waals surface area contributed by atoms with E-state index in [1.54, 1.807) is 15.9 Å². The third-order valence-electron chi connectivity index (χ3n) is 6.01. The molecular weight excluding hydrogens is 454 g/mol. The second-order valence-electron chi connectivity index (χ2n) is 8.44.